The molecule has 0 bridgehead atoms. The molecule has 2 aromatic rings. The summed E-state index contributed by atoms with van der Waals surface area (Å²) >= 11 is 0. The summed E-state index contributed by atoms with van der Waals surface area (Å²) in [6.45, 7) is 14.6. The average molecular weight is 402 g/mol. The van der Waals surface area contributed by atoms with Gasteiger partial charge in [0.25, 0.3) is 0 Å². The Labute approximate surface area is 184 Å². The fourth-order valence-corrected chi connectivity index (χ4v) is 3.68. The predicted molar refractivity (Wildman–Crippen MR) is 134 cm³/mol. The van der Waals surface area contributed by atoms with Crippen molar-refractivity contribution >= 4 is 0 Å². The van der Waals surface area contributed by atoms with Gasteiger partial charge in [0.1, 0.15) is 0 Å². The van der Waals surface area contributed by atoms with E-state index in [0.29, 0.717) is 0 Å². The number of rotatable bonds is 12. The van der Waals surface area contributed by atoms with Crippen molar-refractivity contribution in [1.29, 1.82) is 0 Å². The quantitative estimate of drug-likeness (QED) is 0.255. The minimum atomic E-state index is 0.965. The van der Waals surface area contributed by atoms with Crippen molar-refractivity contribution in [2.45, 2.75) is 65.7 Å². The van der Waals surface area contributed by atoms with E-state index in [1.807, 2.05) is 11.9 Å². The van der Waals surface area contributed by atoms with Crippen molar-refractivity contribution in [3.8, 4) is 11.1 Å². The van der Waals surface area contributed by atoms with Gasteiger partial charge in [0.15, 0.2) is 0 Å². The third kappa shape index (κ3) is 7.37. The van der Waals surface area contributed by atoms with Crippen molar-refractivity contribution in [2.75, 3.05) is 7.05 Å². The Morgan fingerprint density at radius 1 is 0.967 bits per heavy atom. The summed E-state index contributed by atoms with van der Waals surface area (Å²) in [6.07, 6.45) is 12.3. The number of unbranched alkanes of at least 4 members (excludes halogenated alkanes) is 3. The smallest absolute Gasteiger partial charge is 0.0106 e. The molecule has 0 N–H and O–H groups in total. The van der Waals surface area contributed by atoms with Crippen LogP contribution >= 0.6 is 0 Å². The standard InChI is InChI=1S/C29H39N/c1-7-9-10-11-12-26-17-19-28(20-18-26)29-21-27(16-14-24(29)4)15-13-23(3)25(5)22-30(6)8-2/h8,14,16-22H,2-3,7,9-13,15H2,1,4-6H3/b25-22+. The van der Waals surface area contributed by atoms with Gasteiger partial charge in [-0.15, -0.1) is 0 Å². The van der Waals surface area contributed by atoms with Gasteiger partial charge in [-0.3, -0.25) is 0 Å². The van der Waals surface area contributed by atoms with E-state index in [0.717, 1.165) is 12.8 Å². The summed E-state index contributed by atoms with van der Waals surface area (Å²) < 4.78 is 0. The van der Waals surface area contributed by atoms with E-state index in [9.17, 15) is 0 Å². The Balaban J connectivity index is 2.03. The van der Waals surface area contributed by atoms with Crippen molar-refractivity contribution in [1.82, 2.24) is 4.90 Å². The Morgan fingerprint density at radius 2 is 1.67 bits per heavy atom. The Bertz CT molecular complexity index is 854. The summed E-state index contributed by atoms with van der Waals surface area (Å²) in [7, 11) is 1.99. The number of hydrogen-bond donors (Lipinski definition) is 0. The van der Waals surface area contributed by atoms with E-state index in [1.54, 1.807) is 6.20 Å². The van der Waals surface area contributed by atoms with E-state index in [4.69, 9.17) is 0 Å². The molecule has 0 aliphatic rings. The molecule has 0 aromatic heterocycles. The maximum Gasteiger partial charge on any atom is 0.0106 e. The van der Waals surface area contributed by atoms with Crippen LogP contribution in [0.3, 0.4) is 0 Å². The van der Waals surface area contributed by atoms with Crippen LogP contribution in [0.2, 0.25) is 0 Å². The van der Waals surface area contributed by atoms with E-state index in [-0.39, 0.29) is 0 Å². The summed E-state index contributed by atoms with van der Waals surface area (Å²) in [4.78, 5) is 1.97. The number of benzene rings is 2. The monoisotopic (exact) mass is 401 g/mol. The van der Waals surface area contributed by atoms with Gasteiger partial charge in [0.05, 0.1) is 0 Å². The molecule has 0 fully saturated rings. The number of allylic oxidation sites excluding steroid dienone is 2. The van der Waals surface area contributed by atoms with E-state index in [1.165, 1.54) is 71.1 Å². The maximum absolute atomic E-state index is 4.27. The van der Waals surface area contributed by atoms with Gasteiger partial charge >= 0.3 is 0 Å². The van der Waals surface area contributed by atoms with E-state index < -0.39 is 0 Å². The normalized spacial score (nSPS) is 11.4. The first-order valence-corrected chi connectivity index (χ1v) is 11.3. The second-order valence-electron chi connectivity index (χ2n) is 8.42. The molecule has 0 aliphatic carbocycles. The van der Waals surface area contributed by atoms with Crippen LogP contribution in [-0.4, -0.2) is 11.9 Å². The number of nitrogens with zero attached hydrogens (tertiary/aromatic N) is 1. The van der Waals surface area contributed by atoms with Crippen LogP contribution in [0, 0.1) is 6.92 Å². The van der Waals surface area contributed by atoms with Crippen molar-refractivity contribution in [3.05, 3.63) is 95.9 Å². The van der Waals surface area contributed by atoms with Crippen molar-refractivity contribution < 1.29 is 0 Å². The molecule has 1 nitrogen and oxygen atoms in total. The molecule has 0 saturated heterocycles. The highest BCUT2D eigenvalue weighted by atomic mass is 15.0. The second-order valence-corrected chi connectivity index (χ2v) is 8.42. The first-order valence-electron chi connectivity index (χ1n) is 11.3. The zero-order chi connectivity index (χ0) is 21.9. The fraction of sp³-hybridized carbons (Fsp3) is 0.379. The van der Waals surface area contributed by atoms with Crippen LogP contribution in [0.15, 0.2) is 79.2 Å². The molecule has 0 atom stereocenters. The molecule has 1 heteroatoms. The van der Waals surface area contributed by atoms with Crippen LogP contribution in [-0.2, 0) is 12.8 Å². The highest BCUT2D eigenvalue weighted by molar-refractivity contribution is 5.68. The van der Waals surface area contributed by atoms with E-state index in [2.05, 4.69) is 82.6 Å². The summed E-state index contributed by atoms with van der Waals surface area (Å²) in [5, 5.41) is 0. The molecule has 0 amide bonds. The van der Waals surface area contributed by atoms with Crippen molar-refractivity contribution in [2.24, 2.45) is 0 Å². The fourth-order valence-electron chi connectivity index (χ4n) is 3.68. The molecule has 0 aliphatic heterocycles. The lowest BCUT2D eigenvalue weighted by atomic mass is 9.94. The first kappa shape index (κ1) is 23.7. The Hall–Kier alpha value is -2.54. The van der Waals surface area contributed by atoms with Crippen LogP contribution in [0.5, 0.6) is 0 Å². The zero-order valence-electron chi connectivity index (χ0n) is 19.5. The Morgan fingerprint density at radius 3 is 2.33 bits per heavy atom. The SMILES string of the molecule is C=CN(C)/C=C(\C)C(=C)CCc1ccc(C)c(-c2ccc(CCCCCC)cc2)c1. The van der Waals surface area contributed by atoms with Gasteiger partial charge < -0.3 is 4.90 Å². The first-order chi connectivity index (χ1) is 14.4. The molecular formula is C29H39N. The molecular weight excluding hydrogens is 362 g/mol. The molecule has 0 spiro atoms. The minimum Gasteiger partial charge on any atom is -0.358 e. The zero-order valence-corrected chi connectivity index (χ0v) is 19.5. The summed E-state index contributed by atoms with van der Waals surface area (Å²) in [6, 6.07) is 16.0. The third-order valence-electron chi connectivity index (χ3n) is 5.84. The Kier molecular flexibility index (Phi) is 9.67. The minimum absolute atomic E-state index is 0.965. The molecule has 0 unspecified atom stereocenters. The van der Waals surface area contributed by atoms with Gasteiger partial charge in [-0.1, -0.05) is 87.4 Å². The maximum atomic E-state index is 4.27. The molecule has 0 radical (unpaired) electrons. The third-order valence-corrected chi connectivity index (χ3v) is 5.84. The number of aryl methyl sites for hydroxylation is 3. The van der Waals surface area contributed by atoms with E-state index >= 15 is 0 Å². The van der Waals surface area contributed by atoms with Gasteiger partial charge in [0.2, 0.25) is 0 Å². The van der Waals surface area contributed by atoms with Crippen LogP contribution in [0.25, 0.3) is 11.1 Å². The molecule has 2 aromatic carbocycles. The van der Waals surface area contributed by atoms with Crippen LogP contribution in [0.1, 0.15) is 62.6 Å². The summed E-state index contributed by atoms with van der Waals surface area (Å²) in [5.41, 5.74) is 9.19. The highest BCUT2D eigenvalue weighted by Gasteiger charge is 2.06. The predicted octanol–water partition coefficient (Wildman–Crippen LogP) is 8.25. The van der Waals surface area contributed by atoms with Gasteiger partial charge in [-0.05, 0) is 79.1 Å². The molecule has 0 saturated carbocycles. The lowest BCUT2D eigenvalue weighted by molar-refractivity contribution is 0.621. The molecule has 160 valence electrons. The van der Waals surface area contributed by atoms with Crippen LogP contribution in [0.4, 0.5) is 0 Å². The van der Waals surface area contributed by atoms with Gasteiger partial charge in [0, 0.05) is 13.2 Å². The largest absolute Gasteiger partial charge is 0.358 e. The highest BCUT2D eigenvalue weighted by Crippen LogP contribution is 2.27. The lowest BCUT2D eigenvalue weighted by Gasteiger charge is -2.13. The number of hydrogen-bond acceptors (Lipinski definition) is 1. The lowest BCUT2D eigenvalue weighted by Crippen LogP contribution is -2.01. The van der Waals surface area contributed by atoms with Crippen LogP contribution < -0.4 is 0 Å². The molecule has 0 heterocycles. The molecule has 2 rings (SSSR count). The summed E-state index contributed by atoms with van der Waals surface area (Å²) in [5.74, 6) is 0. The van der Waals surface area contributed by atoms with Gasteiger partial charge in [-0.25, -0.2) is 0 Å². The molecule has 30 heavy (non-hydrogen) atoms. The average Bonchev–Trinajstić information content (AvgIpc) is 2.76. The van der Waals surface area contributed by atoms with Gasteiger partial charge in [-0.2, -0.15) is 0 Å². The topological polar surface area (TPSA) is 3.24 Å². The second kappa shape index (κ2) is 12.2. The van der Waals surface area contributed by atoms with Crippen molar-refractivity contribution in [3.63, 3.8) is 0 Å².